The zero-order valence-electron chi connectivity index (χ0n) is 15.1. The highest BCUT2D eigenvalue weighted by Crippen LogP contribution is 2.29. The fourth-order valence-corrected chi connectivity index (χ4v) is 3.17. The van der Waals surface area contributed by atoms with Crippen LogP contribution in [0.4, 0.5) is 16.3 Å². The molecule has 6 heteroatoms. The van der Waals surface area contributed by atoms with Crippen molar-refractivity contribution in [1.29, 1.82) is 0 Å². The van der Waals surface area contributed by atoms with Crippen molar-refractivity contribution < 1.29 is 4.79 Å². The van der Waals surface area contributed by atoms with Gasteiger partial charge in [-0.1, -0.05) is 12.1 Å². The monoisotopic (exact) mass is 339 g/mol. The van der Waals surface area contributed by atoms with Gasteiger partial charge < -0.3 is 9.80 Å². The van der Waals surface area contributed by atoms with Crippen LogP contribution in [0.25, 0.3) is 0 Å². The second-order valence-electron chi connectivity index (χ2n) is 6.67. The maximum Gasteiger partial charge on any atom is 0.323 e. The summed E-state index contributed by atoms with van der Waals surface area (Å²) in [5.41, 5.74) is 2.57. The van der Waals surface area contributed by atoms with Crippen LogP contribution in [0.2, 0.25) is 0 Å². The van der Waals surface area contributed by atoms with Crippen molar-refractivity contribution in [1.82, 2.24) is 14.9 Å². The molecule has 1 aromatic carbocycles. The molecule has 3 rings (SSSR count). The summed E-state index contributed by atoms with van der Waals surface area (Å²) in [5, 5.41) is 2.86. The fraction of sp³-hybridized carbons (Fsp3) is 0.421. The van der Waals surface area contributed by atoms with Gasteiger partial charge in [-0.05, 0) is 49.4 Å². The predicted molar refractivity (Wildman–Crippen MR) is 100 cm³/mol. The summed E-state index contributed by atoms with van der Waals surface area (Å²) >= 11 is 0. The molecular formula is C19H25N5O. The summed E-state index contributed by atoms with van der Waals surface area (Å²) in [6.07, 6.45) is 3.62. The van der Waals surface area contributed by atoms with Crippen LogP contribution in [-0.4, -0.2) is 48.1 Å². The second kappa shape index (κ2) is 7.51. The van der Waals surface area contributed by atoms with Crippen molar-refractivity contribution in [3.8, 4) is 0 Å². The Balaban J connectivity index is 1.55. The summed E-state index contributed by atoms with van der Waals surface area (Å²) < 4.78 is 0. The van der Waals surface area contributed by atoms with Gasteiger partial charge in [0.05, 0.1) is 0 Å². The first-order valence-corrected chi connectivity index (χ1v) is 8.66. The molecule has 0 spiro atoms. The van der Waals surface area contributed by atoms with Gasteiger partial charge in [0.15, 0.2) is 0 Å². The first-order valence-electron chi connectivity index (χ1n) is 8.66. The van der Waals surface area contributed by atoms with Crippen molar-refractivity contribution in [3.63, 3.8) is 0 Å². The molecule has 25 heavy (non-hydrogen) atoms. The van der Waals surface area contributed by atoms with E-state index in [1.807, 2.05) is 25.9 Å². The second-order valence-corrected chi connectivity index (χ2v) is 6.67. The molecular weight excluding hydrogens is 314 g/mol. The normalized spacial score (nSPS) is 15.1. The summed E-state index contributed by atoms with van der Waals surface area (Å²) in [6, 6.07) is 10.4. The van der Waals surface area contributed by atoms with E-state index in [0.29, 0.717) is 17.6 Å². The number of carbonyl (C=O) groups is 1. The Labute approximate surface area is 148 Å². The molecule has 0 bridgehead atoms. The third-order valence-corrected chi connectivity index (χ3v) is 4.67. The van der Waals surface area contributed by atoms with Crippen molar-refractivity contribution in [2.24, 2.45) is 0 Å². The zero-order valence-corrected chi connectivity index (χ0v) is 15.1. The van der Waals surface area contributed by atoms with Gasteiger partial charge in [0, 0.05) is 39.1 Å². The van der Waals surface area contributed by atoms with Crippen molar-refractivity contribution in [2.45, 2.75) is 25.7 Å². The molecule has 1 aliphatic heterocycles. The highest BCUT2D eigenvalue weighted by Gasteiger charge is 2.24. The molecule has 1 aromatic heterocycles. The number of nitrogens with zero attached hydrogens (tertiary/aromatic N) is 4. The number of likely N-dealkylation sites (tertiary alicyclic amines) is 1. The number of rotatable bonds is 3. The van der Waals surface area contributed by atoms with E-state index in [1.165, 1.54) is 11.3 Å². The maximum absolute atomic E-state index is 12.4. The largest absolute Gasteiger partial charge is 0.378 e. The smallest absolute Gasteiger partial charge is 0.323 e. The summed E-state index contributed by atoms with van der Waals surface area (Å²) in [7, 11) is 4.09. The molecule has 2 amide bonds. The van der Waals surface area contributed by atoms with Crippen LogP contribution in [0, 0.1) is 6.92 Å². The molecule has 6 nitrogen and oxygen atoms in total. The van der Waals surface area contributed by atoms with Crippen LogP contribution in [0.5, 0.6) is 0 Å². The number of aryl methyl sites for hydroxylation is 1. The molecule has 1 aliphatic rings. The Morgan fingerprint density at radius 3 is 2.44 bits per heavy atom. The lowest BCUT2D eigenvalue weighted by Crippen LogP contribution is -2.40. The quantitative estimate of drug-likeness (QED) is 0.932. The first kappa shape index (κ1) is 17.2. The van der Waals surface area contributed by atoms with E-state index in [4.69, 9.17) is 0 Å². The van der Waals surface area contributed by atoms with Crippen molar-refractivity contribution in [2.75, 3.05) is 37.4 Å². The van der Waals surface area contributed by atoms with Gasteiger partial charge >= 0.3 is 6.03 Å². The molecule has 1 N–H and O–H groups in total. The van der Waals surface area contributed by atoms with E-state index in [2.05, 4.69) is 44.5 Å². The van der Waals surface area contributed by atoms with Gasteiger partial charge in [0.1, 0.15) is 11.6 Å². The first-order chi connectivity index (χ1) is 12.0. The zero-order chi connectivity index (χ0) is 17.8. The number of amides is 2. The van der Waals surface area contributed by atoms with Gasteiger partial charge in [-0.3, -0.25) is 5.32 Å². The number of piperidine rings is 1. The Kier molecular flexibility index (Phi) is 5.16. The fourth-order valence-electron chi connectivity index (χ4n) is 3.17. The third kappa shape index (κ3) is 4.26. The van der Waals surface area contributed by atoms with E-state index < -0.39 is 0 Å². The van der Waals surface area contributed by atoms with Gasteiger partial charge in [0.2, 0.25) is 0 Å². The number of nitrogens with one attached hydrogen (secondary N) is 1. The Hall–Kier alpha value is -2.63. The highest BCUT2D eigenvalue weighted by molar-refractivity contribution is 5.88. The van der Waals surface area contributed by atoms with Gasteiger partial charge in [-0.15, -0.1) is 0 Å². The number of hydrogen-bond donors (Lipinski definition) is 1. The number of hydrogen-bond acceptors (Lipinski definition) is 4. The average Bonchev–Trinajstić information content (AvgIpc) is 2.62. The molecule has 2 heterocycles. The minimum Gasteiger partial charge on any atom is -0.378 e. The molecule has 132 valence electrons. The van der Waals surface area contributed by atoms with Crippen LogP contribution < -0.4 is 10.2 Å². The lowest BCUT2D eigenvalue weighted by molar-refractivity contribution is 0.194. The molecule has 0 unspecified atom stereocenters. The van der Waals surface area contributed by atoms with Gasteiger partial charge in [0.25, 0.3) is 0 Å². The summed E-state index contributed by atoms with van der Waals surface area (Å²) in [6.45, 7) is 3.33. The lowest BCUT2D eigenvalue weighted by atomic mass is 9.89. The maximum atomic E-state index is 12.4. The van der Waals surface area contributed by atoms with E-state index in [9.17, 15) is 4.79 Å². The molecule has 2 aromatic rings. The molecule has 0 atom stereocenters. The number of urea groups is 1. The van der Waals surface area contributed by atoms with E-state index >= 15 is 0 Å². The van der Waals surface area contributed by atoms with Crippen LogP contribution in [-0.2, 0) is 0 Å². The Morgan fingerprint density at radius 2 is 1.84 bits per heavy atom. The molecule has 0 radical (unpaired) electrons. The molecule has 0 aliphatic carbocycles. The van der Waals surface area contributed by atoms with Crippen LogP contribution >= 0.6 is 0 Å². The molecule has 1 saturated heterocycles. The van der Waals surface area contributed by atoms with Crippen molar-refractivity contribution in [3.05, 3.63) is 47.9 Å². The van der Waals surface area contributed by atoms with E-state index in [1.54, 1.807) is 12.3 Å². The van der Waals surface area contributed by atoms with Gasteiger partial charge in [-0.25, -0.2) is 14.8 Å². The molecule has 0 saturated carbocycles. The standard InChI is InChI=1S/C19H25N5O/c1-14-20-11-8-18(21-14)22-19(25)24-12-9-16(10-13-24)15-4-6-17(7-5-15)23(2)3/h4-8,11,16H,9-10,12-13H2,1-3H3,(H,20,21,22,25). The minimum absolute atomic E-state index is 0.0838. The van der Waals surface area contributed by atoms with Crippen molar-refractivity contribution >= 4 is 17.5 Å². The topological polar surface area (TPSA) is 61.4 Å². The number of benzene rings is 1. The minimum atomic E-state index is -0.0838. The highest BCUT2D eigenvalue weighted by atomic mass is 16.2. The number of aromatic nitrogens is 2. The third-order valence-electron chi connectivity index (χ3n) is 4.67. The lowest BCUT2D eigenvalue weighted by Gasteiger charge is -2.32. The Bertz CT molecular complexity index is 721. The van der Waals surface area contributed by atoms with Crippen LogP contribution in [0.1, 0.15) is 30.1 Å². The van der Waals surface area contributed by atoms with Crippen LogP contribution in [0.15, 0.2) is 36.5 Å². The van der Waals surface area contributed by atoms with E-state index in [0.717, 1.165) is 25.9 Å². The Morgan fingerprint density at radius 1 is 1.16 bits per heavy atom. The van der Waals surface area contributed by atoms with E-state index in [-0.39, 0.29) is 6.03 Å². The number of carbonyl (C=O) groups excluding carboxylic acids is 1. The van der Waals surface area contributed by atoms with Crippen LogP contribution in [0.3, 0.4) is 0 Å². The average molecular weight is 339 g/mol. The summed E-state index contributed by atoms with van der Waals surface area (Å²) in [4.78, 5) is 24.6. The van der Waals surface area contributed by atoms with Gasteiger partial charge in [-0.2, -0.15) is 0 Å². The SMILES string of the molecule is Cc1nccc(NC(=O)N2CCC(c3ccc(N(C)C)cc3)CC2)n1. The summed E-state index contributed by atoms with van der Waals surface area (Å²) in [5.74, 6) is 1.72. The molecule has 1 fully saturated rings. The number of anilines is 2. The predicted octanol–water partition coefficient (Wildman–Crippen LogP) is 3.26.